The van der Waals surface area contributed by atoms with Crippen molar-refractivity contribution in [1.29, 1.82) is 0 Å². The smallest absolute Gasteiger partial charge is 0.410 e. The number of benzene rings is 1. The fraction of sp³-hybridized carbons (Fsp3) is 0.400. The molecule has 1 fully saturated rings. The van der Waals surface area contributed by atoms with Crippen molar-refractivity contribution in [2.24, 2.45) is 0 Å². The molecule has 2 heterocycles. The third-order valence-electron chi connectivity index (χ3n) is 4.50. The number of carbonyl (C=O) groups is 1. The van der Waals surface area contributed by atoms with Crippen molar-refractivity contribution in [2.75, 3.05) is 31.1 Å². The van der Waals surface area contributed by atoms with Crippen LogP contribution in [0.15, 0.2) is 36.5 Å². The predicted octanol–water partition coefficient (Wildman–Crippen LogP) is 4.37. The van der Waals surface area contributed by atoms with Gasteiger partial charge in [-0.2, -0.15) is 0 Å². The van der Waals surface area contributed by atoms with Crippen molar-refractivity contribution in [3.8, 4) is 11.1 Å². The van der Waals surface area contributed by atoms with Crippen molar-refractivity contribution in [3.05, 3.63) is 51.7 Å². The van der Waals surface area contributed by atoms with E-state index in [1.54, 1.807) is 4.90 Å². The highest BCUT2D eigenvalue weighted by molar-refractivity contribution is 6.33. The molecule has 0 unspecified atom stereocenters. The lowest BCUT2D eigenvalue weighted by Gasteiger charge is -2.36. The minimum absolute atomic E-state index is 0.244. The molecule has 8 nitrogen and oxygen atoms in total. The quantitative estimate of drug-likeness (QED) is 0.543. The normalized spacial score (nSPS) is 14.6. The molecule has 1 aromatic heterocycles. The van der Waals surface area contributed by atoms with Crippen molar-refractivity contribution < 1.29 is 14.5 Å². The van der Waals surface area contributed by atoms with E-state index in [9.17, 15) is 14.9 Å². The summed E-state index contributed by atoms with van der Waals surface area (Å²) in [4.78, 5) is 30.2. The van der Waals surface area contributed by atoms with Gasteiger partial charge in [-0.25, -0.2) is 4.79 Å². The van der Waals surface area contributed by atoms with Gasteiger partial charge in [0, 0.05) is 43.5 Å². The average molecular weight is 419 g/mol. The Kier molecular flexibility index (Phi) is 5.93. The zero-order valence-electron chi connectivity index (χ0n) is 16.6. The summed E-state index contributed by atoms with van der Waals surface area (Å²) < 4.78 is 5.42. The van der Waals surface area contributed by atoms with Gasteiger partial charge in [0.25, 0.3) is 0 Å². The van der Waals surface area contributed by atoms with Gasteiger partial charge in [-0.3, -0.25) is 0 Å². The molecule has 9 heteroatoms. The van der Waals surface area contributed by atoms with Crippen LogP contribution in [-0.4, -0.2) is 52.7 Å². The molecule has 1 aliphatic rings. The van der Waals surface area contributed by atoms with Gasteiger partial charge in [0.05, 0.1) is 5.02 Å². The molecular formula is C20H23ClN4O4. The number of ether oxygens (including phenoxy) is 1. The summed E-state index contributed by atoms with van der Waals surface area (Å²) in [5.41, 5.74) is 1.84. The molecule has 1 aromatic carbocycles. The third-order valence-corrected chi connectivity index (χ3v) is 4.80. The van der Waals surface area contributed by atoms with Gasteiger partial charge in [-0.05, 0) is 48.4 Å². The number of hydrogen-bond acceptors (Lipinski definition) is 6. The summed E-state index contributed by atoms with van der Waals surface area (Å²) >= 11 is 6.17. The van der Waals surface area contributed by atoms with E-state index < -0.39 is 10.5 Å². The Morgan fingerprint density at radius 1 is 1.17 bits per heavy atom. The summed E-state index contributed by atoms with van der Waals surface area (Å²) in [5, 5.41) is 11.3. The third kappa shape index (κ3) is 5.14. The van der Waals surface area contributed by atoms with Crippen LogP contribution in [0.25, 0.3) is 11.1 Å². The molecule has 1 saturated heterocycles. The van der Waals surface area contributed by atoms with Gasteiger partial charge in [0.15, 0.2) is 6.20 Å². The molecule has 2 aromatic rings. The van der Waals surface area contributed by atoms with Gasteiger partial charge in [0.1, 0.15) is 5.60 Å². The van der Waals surface area contributed by atoms with Crippen molar-refractivity contribution in [1.82, 2.24) is 9.88 Å². The Morgan fingerprint density at radius 3 is 2.34 bits per heavy atom. The van der Waals surface area contributed by atoms with Crippen LogP contribution in [-0.2, 0) is 4.74 Å². The first-order chi connectivity index (χ1) is 13.6. The standard InChI is InChI=1S/C20H23ClN4O4/c1-20(2,3)29-19(26)24-10-8-23(9-11-24)15-6-4-14(5-7-15)16-12-18(25(27)28)22-13-17(16)21/h4-7,12-13H,8-11H2,1-3H3. The molecule has 0 atom stereocenters. The number of pyridine rings is 1. The van der Waals surface area contributed by atoms with E-state index >= 15 is 0 Å². The molecule has 0 saturated carbocycles. The maximum absolute atomic E-state index is 12.2. The van der Waals surface area contributed by atoms with E-state index in [2.05, 4.69) is 9.88 Å². The number of piperazine rings is 1. The molecule has 1 aliphatic heterocycles. The number of anilines is 1. The first kappa shape index (κ1) is 20.9. The SMILES string of the molecule is CC(C)(C)OC(=O)N1CCN(c2ccc(-c3cc([N+](=O)[O-])ncc3Cl)cc2)CC1. The number of nitrogens with zero attached hydrogens (tertiary/aromatic N) is 4. The van der Waals surface area contributed by atoms with Crippen LogP contribution in [0.2, 0.25) is 5.02 Å². The maximum Gasteiger partial charge on any atom is 0.410 e. The van der Waals surface area contributed by atoms with Gasteiger partial charge in [-0.15, -0.1) is 0 Å². The molecule has 3 rings (SSSR count). The number of amides is 1. The lowest BCUT2D eigenvalue weighted by molar-refractivity contribution is -0.389. The van der Waals surface area contributed by atoms with E-state index in [-0.39, 0.29) is 11.9 Å². The largest absolute Gasteiger partial charge is 0.444 e. The second-order valence-electron chi connectivity index (χ2n) is 7.78. The second kappa shape index (κ2) is 8.24. The van der Waals surface area contributed by atoms with Crippen molar-refractivity contribution >= 4 is 29.2 Å². The molecule has 0 bridgehead atoms. The Balaban J connectivity index is 1.67. The minimum atomic E-state index is -0.543. The van der Waals surface area contributed by atoms with E-state index in [0.29, 0.717) is 36.8 Å². The summed E-state index contributed by atoms with van der Waals surface area (Å²) in [5.74, 6) is -0.244. The molecule has 0 N–H and O–H groups in total. The number of hydrogen-bond donors (Lipinski definition) is 0. The molecular weight excluding hydrogens is 396 g/mol. The predicted molar refractivity (Wildman–Crippen MR) is 111 cm³/mol. The molecule has 0 spiro atoms. The van der Waals surface area contributed by atoms with Crippen LogP contribution in [0.5, 0.6) is 0 Å². The molecule has 0 aliphatic carbocycles. The number of aromatic nitrogens is 1. The van der Waals surface area contributed by atoms with E-state index in [0.717, 1.165) is 11.3 Å². The van der Waals surface area contributed by atoms with Crippen LogP contribution >= 0.6 is 11.6 Å². The highest BCUT2D eigenvalue weighted by Gasteiger charge is 2.26. The Hall–Kier alpha value is -2.87. The van der Waals surface area contributed by atoms with Crippen molar-refractivity contribution in [2.45, 2.75) is 26.4 Å². The molecule has 1 amide bonds. The van der Waals surface area contributed by atoms with Gasteiger partial charge in [0.2, 0.25) is 0 Å². The van der Waals surface area contributed by atoms with Gasteiger partial charge in [-0.1, -0.05) is 23.7 Å². The number of halogens is 1. The minimum Gasteiger partial charge on any atom is -0.444 e. The zero-order valence-corrected chi connectivity index (χ0v) is 17.3. The average Bonchev–Trinajstić information content (AvgIpc) is 2.67. The van der Waals surface area contributed by atoms with Crippen LogP contribution in [0.3, 0.4) is 0 Å². The van der Waals surface area contributed by atoms with Gasteiger partial charge < -0.3 is 24.7 Å². The fourth-order valence-electron chi connectivity index (χ4n) is 3.07. The van der Waals surface area contributed by atoms with Crippen LogP contribution in [0.1, 0.15) is 20.8 Å². The number of nitro groups is 1. The highest BCUT2D eigenvalue weighted by atomic mass is 35.5. The Bertz CT molecular complexity index is 904. The summed E-state index contributed by atoms with van der Waals surface area (Å²) in [7, 11) is 0. The van der Waals surface area contributed by atoms with Gasteiger partial charge >= 0.3 is 11.9 Å². The molecule has 29 heavy (non-hydrogen) atoms. The Morgan fingerprint density at radius 2 is 1.79 bits per heavy atom. The lowest BCUT2D eigenvalue weighted by Crippen LogP contribution is -2.50. The Labute approximate surface area is 174 Å². The first-order valence-corrected chi connectivity index (χ1v) is 9.65. The maximum atomic E-state index is 12.2. The van der Waals surface area contributed by atoms with Crippen molar-refractivity contribution in [3.63, 3.8) is 0 Å². The van der Waals surface area contributed by atoms with Crippen LogP contribution < -0.4 is 4.90 Å². The fourth-order valence-corrected chi connectivity index (χ4v) is 3.29. The molecule has 0 radical (unpaired) electrons. The summed E-state index contributed by atoms with van der Waals surface area (Å²) in [6.45, 7) is 8.11. The zero-order chi connectivity index (χ0) is 21.2. The van der Waals surface area contributed by atoms with Crippen LogP contribution in [0.4, 0.5) is 16.3 Å². The second-order valence-corrected chi connectivity index (χ2v) is 8.19. The summed E-state index contributed by atoms with van der Waals surface area (Å²) in [6, 6.07) is 9.01. The van der Waals surface area contributed by atoms with Crippen LogP contribution in [0, 0.1) is 10.1 Å². The van der Waals surface area contributed by atoms with E-state index in [1.165, 1.54) is 12.3 Å². The molecule has 154 valence electrons. The van der Waals surface area contributed by atoms with E-state index in [4.69, 9.17) is 16.3 Å². The number of rotatable bonds is 3. The first-order valence-electron chi connectivity index (χ1n) is 9.27. The topological polar surface area (TPSA) is 88.8 Å². The number of carbonyl (C=O) groups excluding carboxylic acids is 1. The monoisotopic (exact) mass is 418 g/mol. The summed E-state index contributed by atoms with van der Waals surface area (Å²) in [6.07, 6.45) is 1.00. The van der Waals surface area contributed by atoms with E-state index in [1.807, 2.05) is 45.0 Å². The lowest BCUT2D eigenvalue weighted by atomic mass is 10.1. The highest BCUT2D eigenvalue weighted by Crippen LogP contribution is 2.31.